The zero-order chi connectivity index (χ0) is 16.4. The van der Waals surface area contributed by atoms with E-state index in [0.717, 1.165) is 31.6 Å². The first-order valence-electron chi connectivity index (χ1n) is 7.81. The molecule has 2 aliphatic heterocycles. The van der Waals surface area contributed by atoms with Gasteiger partial charge in [-0.25, -0.2) is 8.78 Å². The Kier molecular flexibility index (Phi) is 4.56. The standard InChI is InChI=1S/C16H19F2N3O2/c17-12-2-3-14(13(18)9-12)21-10-11(8-15(21)22)16(23)20-6-1-4-19-5-7-20/h2-3,9,11,19H,1,4-8,10H2/t11-/m1/s1. The van der Waals surface area contributed by atoms with Crippen LogP contribution in [0.2, 0.25) is 0 Å². The van der Waals surface area contributed by atoms with Gasteiger partial charge in [-0.1, -0.05) is 0 Å². The highest BCUT2D eigenvalue weighted by Gasteiger charge is 2.38. The van der Waals surface area contributed by atoms with Crippen LogP contribution in [0.5, 0.6) is 0 Å². The highest BCUT2D eigenvalue weighted by atomic mass is 19.1. The molecule has 1 aromatic rings. The van der Waals surface area contributed by atoms with Gasteiger partial charge in [-0.3, -0.25) is 9.59 Å². The molecule has 2 fully saturated rings. The Morgan fingerprint density at radius 1 is 1.22 bits per heavy atom. The first-order valence-corrected chi connectivity index (χ1v) is 7.81. The van der Waals surface area contributed by atoms with Crippen LogP contribution >= 0.6 is 0 Å². The molecule has 0 aromatic heterocycles. The SMILES string of the molecule is O=C([C@@H]1CC(=O)N(c2ccc(F)cc2F)C1)N1CCCNCC1. The largest absolute Gasteiger partial charge is 0.341 e. The summed E-state index contributed by atoms with van der Waals surface area (Å²) in [5, 5.41) is 3.22. The molecule has 2 amide bonds. The predicted molar refractivity (Wildman–Crippen MR) is 80.9 cm³/mol. The third kappa shape index (κ3) is 3.34. The van der Waals surface area contributed by atoms with Gasteiger partial charge in [0.15, 0.2) is 0 Å². The molecule has 2 aliphatic rings. The Labute approximate surface area is 133 Å². The van der Waals surface area contributed by atoms with Crippen molar-refractivity contribution in [1.82, 2.24) is 10.2 Å². The van der Waals surface area contributed by atoms with Gasteiger partial charge in [0, 0.05) is 38.7 Å². The van der Waals surface area contributed by atoms with E-state index < -0.39 is 17.6 Å². The molecule has 1 atom stereocenters. The van der Waals surface area contributed by atoms with E-state index in [-0.39, 0.29) is 30.5 Å². The maximum absolute atomic E-state index is 13.9. The summed E-state index contributed by atoms with van der Waals surface area (Å²) in [4.78, 5) is 27.7. The molecule has 0 saturated carbocycles. The Hall–Kier alpha value is -2.02. The molecule has 2 heterocycles. The van der Waals surface area contributed by atoms with Gasteiger partial charge in [-0.2, -0.15) is 0 Å². The molecule has 3 rings (SSSR count). The van der Waals surface area contributed by atoms with E-state index in [9.17, 15) is 18.4 Å². The lowest BCUT2D eigenvalue weighted by Crippen LogP contribution is -2.39. The second-order valence-corrected chi connectivity index (χ2v) is 5.93. The average Bonchev–Trinajstić information content (AvgIpc) is 2.74. The number of rotatable bonds is 2. The lowest BCUT2D eigenvalue weighted by molar-refractivity contribution is -0.135. The average molecular weight is 323 g/mol. The highest BCUT2D eigenvalue weighted by molar-refractivity contribution is 6.00. The van der Waals surface area contributed by atoms with Crippen molar-refractivity contribution in [2.24, 2.45) is 5.92 Å². The second kappa shape index (κ2) is 6.62. The molecule has 0 radical (unpaired) electrons. The van der Waals surface area contributed by atoms with Gasteiger partial charge in [0.05, 0.1) is 11.6 Å². The second-order valence-electron chi connectivity index (χ2n) is 5.93. The van der Waals surface area contributed by atoms with Gasteiger partial charge in [-0.05, 0) is 25.1 Å². The molecule has 5 nitrogen and oxygen atoms in total. The van der Waals surface area contributed by atoms with Crippen LogP contribution in [-0.2, 0) is 9.59 Å². The summed E-state index contributed by atoms with van der Waals surface area (Å²) >= 11 is 0. The summed E-state index contributed by atoms with van der Waals surface area (Å²) in [6.07, 6.45) is 0.947. The van der Waals surface area contributed by atoms with Crippen LogP contribution in [0, 0.1) is 17.6 Å². The van der Waals surface area contributed by atoms with Crippen LogP contribution in [0.4, 0.5) is 14.5 Å². The number of nitrogens with one attached hydrogen (secondary N) is 1. The summed E-state index contributed by atoms with van der Waals surface area (Å²) in [7, 11) is 0. The Bertz CT molecular complexity index is 615. The first-order chi connectivity index (χ1) is 11.1. The van der Waals surface area contributed by atoms with Crippen molar-refractivity contribution >= 4 is 17.5 Å². The number of benzene rings is 1. The van der Waals surface area contributed by atoms with Crippen molar-refractivity contribution in [2.45, 2.75) is 12.8 Å². The third-order valence-corrected chi connectivity index (χ3v) is 4.33. The number of carbonyl (C=O) groups is 2. The normalized spacial score (nSPS) is 22.3. The van der Waals surface area contributed by atoms with E-state index in [2.05, 4.69) is 5.32 Å². The number of hydrogen-bond donors (Lipinski definition) is 1. The van der Waals surface area contributed by atoms with Gasteiger partial charge in [-0.15, -0.1) is 0 Å². The summed E-state index contributed by atoms with van der Waals surface area (Å²) in [5.74, 6) is -2.31. The van der Waals surface area contributed by atoms with Crippen LogP contribution in [0.1, 0.15) is 12.8 Å². The molecule has 2 saturated heterocycles. The Morgan fingerprint density at radius 3 is 2.83 bits per heavy atom. The number of anilines is 1. The fourth-order valence-corrected chi connectivity index (χ4v) is 3.13. The zero-order valence-corrected chi connectivity index (χ0v) is 12.7. The van der Waals surface area contributed by atoms with Gasteiger partial charge in [0.2, 0.25) is 11.8 Å². The van der Waals surface area contributed by atoms with Crippen molar-refractivity contribution in [1.29, 1.82) is 0 Å². The van der Waals surface area contributed by atoms with Gasteiger partial charge in [0.1, 0.15) is 11.6 Å². The molecule has 7 heteroatoms. The smallest absolute Gasteiger partial charge is 0.228 e. The number of carbonyl (C=O) groups excluding carboxylic acids is 2. The molecule has 0 aliphatic carbocycles. The molecule has 0 bridgehead atoms. The monoisotopic (exact) mass is 323 g/mol. The fraction of sp³-hybridized carbons (Fsp3) is 0.500. The molecular formula is C16H19F2N3O2. The topological polar surface area (TPSA) is 52.7 Å². The third-order valence-electron chi connectivity index (χ3n) is 4.33. The van der Waals surface area contributed by atoms with Crippen LogP contribution in [0.3, 0.4) is 0 Å². The molecule has 1 aromatic carbocycles. The lowest BCUT2D eigenvalue weighted by Gasteiger charge is -2.23. The Morgan fingerprint density at radius 2 is 2.04 bits per heavy atom. The van der Waals surface area contributed by atoms with Crippen molar-refractivity contribution in [3.63, 3.8) is 0 Å². The van der Waals surface area contributed by atoms with Crippen LogP contribution in [0.25, 0.3) is 0 Å². The van der Waals surface area contributed by atoms with E-state index in [1.54, 1.807) is 4.90 Å². The highest BCUT2D eigenvalue weighted by Crippen LogP contribution is 2.28. The summed E-state index contributed by atoms with van der Waals surface area (Å²) in [6.45, 7) is 3.04. The number of halogens is 2. The molecule has 1 N–H and O–H groups in total. The van der Waals surface area contributed by atoms with Crippen LogP contribution in [-0.4, -0.2) is 49.4 Å². The van der Waals surface area contributed by atoms with Crippen molar-refractivity contribution in [2.75, 3.05) is 37.6 Å². The predicted octanol–water partition coefficient (Wildman–Crippen LogP) is 1.14. The van der Waals surface area contributed by atoms with E-state index in [1.165, 1.54) is 11.0 Å². The molecule has 0 spiro atoms. The van der Waals surface area contributed by atoms with E-state index in [4.69, 9.17) is 0 Å². The van der Waals surface area contributed by atoms with Crippen LogP contribution < -0.4 is 10.2 Å². The van der Waals surface area contributed by atoms with Crippen LogP contribution in [0.15, 0.2) is 18.2 Å². The van der Waals surface area contributed by atoms with Crippen molar-refractivity contribution < 1.29 is 18.4 Å². The van der Waals surface area contributed by atoms with Crippen molar-refractivity contribution in [3.8, 4) is 0 Å². The minimum absolute atomic E-state index is 0.0317. The lowest BCUT2D eigenvalue weighted by atomic mass is 10.1. The van der Waals surface area contributed by atoms with Gasteiger partial charge < -0.3 is 15.1 Å². The fourth-order valence-electron chi connectivity index (χ4n) is 3.13. The van der Waals surface area contributed by atoms with E-state index in [1.807, 2.05) is 0 Å². The number of hydrogen-bond acceptors (Lipinski definition) is 3. The van der Waals surface area contributed by atoms with Gasteiger partial charge >= 0.3 is 0 Å². The number of nitrogens with zero attached hydrogens (tertiary/aromatic N) is 2. The van der Waals surface area contributed by atoms with Gasteiger partial charge in [0.25, 0.3) is 0 Å². The summed E-state index contributed by atoms with van der Waals surface area (Å²) in [5.41, 5.74) is 0.0317. The Balaban J connectivity index is 1.72. The summed E-state index contributed by atoms with van der Waals surface area (Å²) in [6, 6.07) is 3.10. The summed E-state index contributed by atoms with van der Waals surface area (Å²) < 4.78 is 26.9. The quantitative estimate of drug-likeness (QED) is 0.888. The molecule has 23 heavy (non-hydrogen) atoms. The minimum atomic E-state index is -0.787. The van der Waals surface area contributed by atoms with E-state index >= 15 is 0 Å². The first kappa shape index (κ1) is 15.9. The van der Waals surface area contributed by atoms with Crippen molar-refractivity contribution in [3.05, 3.63) is 29.8 Å². The minimum Gasteiger partial charge on any atom is -0.341 e. The maximum atomic E-state index is 13.9. The molecule has 0 unspecified atom stereocenters. The zero-order valence-electron chi connectivity index (χ0n) is 12.7. The maximum Gasteiger partial charge on any atom is 0.228 e. The number of amides is 2. The molecule has 124 valence electrons. The molecular weight excluding hydrogens is 304 g/mol. The van der Waals surface area contributed by atoms with E-state index in [0.29, 0.717) is 13.1 Å².